The van der Waals surface area contributed by atoms with Crippen molar-refractivity contribution >= 4 is 0 Å². The van der Waals surface area contributed by atoms with E-state index in [0.717, 1.165) is 19.4 Å². The van der Waals surface area contributed by atoms with E-state index in [1.54, 1.807) is 7.11 Å². The molecule has 0 aliphatic carbocycles. The largest absolute Gasteiger partial charge is 0.385 e. The highest BCUT2D eigenvalue weighted by molar-refractivity contribution is 4.93. The lowest BCUT2D eigenvalue weighted by Crippen LogP contribution is -2.36. The maximum absolute atomic E-state index is 6.17. The van der Waals surface area contributed by atoms with Crippen molar-refractivity contribution in [3.05, 3.63) is 0 Å². The summed E-state index contributed by atoms with van der Waals surface area (Å²) in [6.45, 7) is 0.829. The van der Waals surface area contributed by atoms with Crippen LogP contribution in [-0.4, -0.2) is 32.0 Å². The number of methoxy groups -OCH3 is 1. The second-order valence-corrected chi connectivity index (χ2v) is 4.57. The Morgan fingerprint density at radius 1 is 1.50 bits per heavy atom. The quantitative estimate of drug-likeness (QED) is 0.679. The highest BCUT2D eigenvalue weighted by Crippen LogP contribution is 2.40. The molecule has 0 aromatic carbocycles. The smallest absolute Gasteiger partial charge is 0.0623 e. The lowest BCUT2D eigenvalue weighted by Gasteiger charge is -2.25. The van der Waals surface area contributed by atoms with Gasteiger partial charge in [-0.2, -0.15) is 0 Å². The Bertz CT molecular complexity index is 186. The van der Waals surface area contributed by atoms with Crippen LogP contribution in [0.5, 0.6) is 0 Å². The molecule has 0 spiro atoms. The Kier molecular flexibility index (Phi) is 3.42. The fourth-order valence-electron chi connectivity index (χ4n) is 2.81. The van der Waals surface area contributed by atoms with Gasteiger partial charge < -0.3 is 15.2 Å². The molecule has 2 saturated heterocycles. The maximum atomic E-state index is 6.17. The molecule has 2 N–H and O–H groups in total. The molecule has 4 atom stereocenters. The van der Waals surface area contributed by atoms with Gasteiger partial charge in [0.15, 0.2) is 0 Å². The van der Waals surface area contributed by atoms with Crippen molar-refractivity contribution < 1.29 is 9.47 Å². The van der Waals surface area contributed by atoms with Crippen molar-refractivity contribution in [1.82, 2.24) is 0 Å². The highest BCUT2D eigenvalue weighted by atomic mass is 16.5. The van der Waals surface area contributed by atoms with Crippen LogP contribution in [0.25, 0.3) is 0 Å². The van der Waals surface area contributed by atoms with Crippen LogP contribution in [0, 0.1) is 5.92 Å². The number of rotatable bonds is 5. The van der Waals surface area contributed by atoms with Gasteiger partial charge in [0.1, 0.15) is 0 Å². The fraction of sp³-hybridized carbons (Fsp3) is 1.00. The normalized spacial score (nSPS) is 37.7. The van der Waals surface area contributed by atoms with E-state index in [4.69, 9.17) is 15.2 Å². The fourth-order valence-corrected chi connectivity index (χ4v) is 2.81. The first-order valence-electron chi connectivity index (χ1n) is 5.71. The summed E-state index contributed by atoms with van der Waals surface area (Å²) < 4.78 is 10.8. The van der Waals surface area contributed by atoms with Crippen LogP contribution in [0.3, 0.4) is 0 Å². The molecule has 2 aliphatic heterocycles. The first kappa shape index (κ1) is 10.4. The van der Waals surface area contributed by atoms with Crippen molar-refractivity contribution in [2.75, 3.05) is 13.7 Å². The molecule has 0 aromatic heterocycles. The number of hydrogen-bond acceptors (Lipinski definition) is 3. The van der Waals surface area contributed by atoms with Gasteiger partial charge >= 0.3 is 0 Å². The average Bonchev–Trinajstić information content (AvgIpc) is 2.79. The van der Waals surface area contributed by atoms with E-state index in [1.165, 1.54) is 19.3 Å². The van der Waals surface area contributed by atoms with E-state index in [9.17, 15) is 0 Å². The van der Waals surface area contributed by atoms with E-state index in [1.807, 2.05) is 0 Å². The van der Waals surface area contributed by atoms with Gasteiger partial charge in [-0.25, -0.2) is 0 Å². The standard InChI is InChI=1S/C11H21NO2/c1-13-6-2-3-10(12)9-7-8-4-5-11(9)14-8/h8-11H,2-7,12H2,1H3. The summed E-state index contributed by atoms with van der Waals surface area (Å²) >= 11 is 0. The summed E-state index contributed by atoms with van der Waals surface area (Å²) in [5.74, 6) is 0.616. The third-order valence-electron chi connectivity index (χ3n) is 3.59. The summed E-state index contributed by atoms with van der Waals surface area (Å²) in [6.07, 6.45) is 6.82. The van der Waals surface area contributed by atoms with Crippen LogP contribution in [0.2, 0.25) is 0 Å². The predicted octanol–water partition coefficient (Wildman–Crippen LogP) is 1.31. The second kappa shape index (κ2) is 4.60. The number of fused-ring (bicyclic) bond motifs is 2. The molecule has 4 unspecified atom stereocenters. The minimum atomic E-state index is 0.320. The summed E-state index contributed by atoms with van der Waals surface area (Å²) in [6, 6.07) is 0.320. The molecule has 3 nitrogen and oxygen atoms in total. The molecule has 0 aromatic rings. The molecule has 0 saturated carbocycles. The van der Waals surface area contributed by atoms with Crippen LogP contribution in [-0.2, 0) is 9.47 Å². The third kappa shape index (κ3) is 2.10. The van der Waals surface area contributed by atoms with Crippen LogP contribution in [0.4, 0.5) is 0 Å². The third-order valence-corrected chi connectivity index (χ3v) is 3.59. The predicted molar refractivity (Wildman–Crippen MR) is 55.1 cm³/mol. The molecule has 0 amide bonds. The summed E-state index contributed by atoms with van der Waals surface area (Å²) in [5, 5.41) is 0. The lowest BCUT2D eigenvalue weighted by atomic mass is 9.82. The van der Waals surface area contributed by atoms with Crippen molar-refractivity contribution in [3.63, 3.8) is 0 Å². The maximum Gasteiger partial charge on any atom is 0.0623 e. The van der Waals surface area contributed by atoms with Gasteiger partial charge in [-0.15, -0.1) is 0 Å². The molecule has 3 heteroatoms. The zero-order valence-electron chi connectivity index (χ0n) is 8.95. The second-order valence-electron chi connectivity index (χ2n) is 4.57. The van der Waals surface area contributed by atoms with Gasteiger partial charge in [0.2, 0.25) is 0 Å². The number of hydrogen-bond donors (Lipinski definition) is 1. The highest BCUT2D eigenvalue weighted by Gasteiger charge is 2.42. The summed E-state index contributed by atoms with van der Waals surface area (Å²) in [4.78, 5) is 0. The van der Waals surface area contributed by atoms with E-state index in [-0.39, 0.29) is 0 Å². The van der Waals surface area contributed by atoms with Crippen molar-refractivity contribution in [2.45, 2.75) is 50.4 Å². The number of ether oxygens (including phenoxy) is 2. The molecule has 0 radical (unpaired) electrons. The SMILES string of the molecule is COCCCC(N)C1CC2CCC1O2. The van der Waals surface area contributed by atoms with Gasteiger partial charge in [-0.1, -0.05) is 0 Å². The first-order valence-corrected chi connectivity index (χ1v) is 5.71. The molecular weight excluding hydrogens is 178 g/mol. The van der Waals surface area contributed by atoms with Gasteiger partial charge in [0.05, 0.1) is 12.2 Å². The van der Waals surface area contributed by atoms with Gasteiger partial charge in [0.25, 0.3) is 0 Å². The number of nitrogens with two attached hydrogens (primary N) is 1. The van der Waals surface area contributed by atoms with Crippen LogP contribution in [0.1, 0.15) is 32.1 Å². The zero-order valence-corrected chi connectivity index (χ0v) is 8.95. The average molecular weight is 199 g/mol. The van der Waals surface area contributed by atoms with Crippen molar-refractivity contribution in [2.24, 2.45) is 11.7 Å². The molecule has 2 rings (SSSR count). The van der Waals surface area contributed by atoms with E-state index >= 15 is 0 Å². The van der Waals surface area contributed by atoms with Gasteiger partial charge in [-0.3, -0.25) is 0 Å². The Morgan fingerprint density at radius 3 is 2.93 bits per heavy atom. The Morgan fingerprint density at radius 2 is 2.36 bits per heavy atom. The molecule has 2 aliphatic rings. The first-order chi connectivity index (χ1) is 6.81. The Hall–Kier alpha value is -0.120. The molecule has 82 valence electrons. The topological polar surface area (TPSA) is 44.5 Å². The van der Waals surface area contributed by atoms with Crippen molar-refractivity contribution in [1.29, 1.82) is 0 Å². The van der Waals surface area contributed by atoms with Crippen LogP contribution < -0.4 is 5.73 Å². The van der Waals surface area contributed by atoms with Crippen LogP contribution in [0.15, 0.2) is 0 Å². The minimum Gasteiger partial charge on any atom is -0.385 e. The monoisotopic (exact) mass is 199 g/mol. The Labute approximate surface area is 85.9 Å². The van der Waals surface area contributed by atoms with Crippen LogP contribution >= 0.6 is 0 Å². The molecule has 14 heavy (non-hydrogen) atoms. The molecular formula is C11H21NO2. The van der Waals surface area contributed by atoms with E-state index < -0.39 is 0 Å². The summed E-state index contributed by atoms with van der Waals surface area (Å²) in [7, 11) is 1.74. The molecule has 2 heterocycles. The van der Waals surface area contributed by atoms with Gasteiger partial charge in [0, 0.05) is 25.7 Å². The summed E-state index contributed by atoms with van der Waals surface area (Å²) in [5.41, 5.74) is 6.17. The van der Waals surface area contributed by atoms with E-state index in [0.29, 0.717) is 24.2 Å². The Balaban J connectivity index is 1.72. The zero-order chi connectivity index (χ0) is 9.97. The molecule has 2 bridgehead atoms. The van der Waals surface area contributed by atoms with E-state index in [2.05, 4.69) is 0 Å². The van der Waals surface area contributed by atoms with Crippen molar-refractivity contribution in [3.8, 4) is 0 Å². The van der Waals surface area contributed by atoms with Gasteiger partial charge in [-0.05, 0) is 32.1 Å². The lowest BCUT2D eigenvalue weighted by molar-refractivity contribution is 0.0869. The minimum absolute atomic E-state index is 0.320. The molecule has 2 fully saturated rings.